The Morgan fingerprint density at radius 3 is 2.61 bits per heavy atom. The first-order valence-electron chi connectivity index (χ1n) is 6.92. The third kappa shape index (κ3) is 4.86. The largest absolute Gasteiger partial charge is 0.325 e. The molecule has 0 aliphatic rings. The minimum Gasteiger partial charge on any atom is -0.325 e. The lowest BCUT2D eigenvalue weighted by molar-refractivity contribution is -0.387. The van der Waals surface area contributed by atoms with E-state index in [0.29, 0.717) is 6.54 Å². The Bertz CT molecular complexity index is 707. The lowest BCUT2D eigenvalue weighted by Crippen LogP contribution is -2.29. The van der Waals surface area contributed by atoms with Gasteiger partial charge >= 0.3 is 5.69 Å². The Balaban J connectivity index is 1.94. The molecule has 0 bridgehead atoms. The molecule has 0 spiro atoms. The highest BCUT2D eigenvalue weighted by Crippen LogP contribution is 2.21. The van der Waals surface area contributed by atoms with Gasteiger partial charge in [0.1, 0.15) is 0 Å². The number of anilines is 1. The summed E-state index contributed by atoms with van der Waals surface area (Å²) in [6, 6.07) is 12.9. The minimum atomic E-state index is -0.936. The monoisotopic (exact) mass is 317 g/mol. The number of carbonyl (C=O) groups excluding carboxylic acids is 1. The van der Waals surface area contributed by atoms with Gasteiger partial charge in [-0.25, -0.2) is 0 Å². The van der Waals surface area contributed by atoms with Crippen LogP contribution in [0.5, 0.6) is 0 Å². The summed E-state index contributed by atoms with van der Waals surface area (Å²) in [5.41, 5.74) is 0.594. The van der Waals surface area contributed by atoms with E-state index in [0.717, 1.165) is 17.7 Å². The van der Waals surface area contributed by atoms with Gasteiger partial charge in [-0.1, -0.05) is 30.3 Å². The molecule has 0 aromatic heterocycles. The topological polar surface area (TPSA) is 75.5 Å². The molecular formula is C16H16FN3O3. The van der Waals surface area contributed by atoms with Crippen molar-refractivity contribution in [2.24, 2.45) is 0 Å². The van der Waals surface area contributed by atoms with Crippen molar-refractivity contribution in [2.45, 2.75) is 6.54 Å². The Hall–Kier alpha value is -2.80. The van der Waals surface area contributed by atoms with Crippen LogP contribution in [0.25, 0.3) is 0 Å². The Kier molecular flexibility index (Phi) is 5.37. The van der Waals surface area contributed by atoms with Crippen LogP contribution in [-0.2, 0) is 11.3 Å². The number of hydrogen-bond acceptors (Lipinski definition) is 4. The van der Waals surface area contributed by atoms with Crippen molar-refractivity contribution in [3.63, 3.8) is 0 Å². The van der Waals surface area contributed by atoms with Crippen LogP contribution in [-0.4, -0.2) is 29.3 Å². The molecule has 2 aromatic rings. The van der Waals surface area contributed by atoms with E-state index in [9.17, 15) is 19.3 Å². The molecule has 0 saturated carbocycles. The van der Waals surface area contributed by atoms with Gasteiger partial charge in [0, 0.05) is 18.3 Å². The fraction of sp³-hybridized carbons (Fsp3) is 0.188. The molecule has 0 heterocycles. The zero-order chi connectivity index (χ0) is 16.8. The molecule has 0 aliphatic carbocycles. The van der Waals surface area contributed by atoms with Crippen LogP contribution < -0.4 is 5.32 Å². The van der Waals surface area contributed by atoms with E-state index in [2.05, 4.69) is 5.32 Å². The Morgan fingerprint density at radius 2 is 1.96 bits per heavy atom. The number of nitro groups is 1. The molecule has 2 aromatic carbocycles. The van der Waals surface area contributed by atoms with E-state index >= 15 is 0 Å². The normalized spacial score (nSPS) is 10.6. The van der Waals surface area contributed by atoms with Crippen LogP contribution in [0.4, 0.5) is 15.8 Å². The predicted octanol–water partition coefficient (Wildman–Crippen LogP) is 2.80. The van der Waals surface area contributed by atoms with Crippen molar-refractivity contribution in [3.05, 3.63) is 70.0 Å². The first-order chi connectivity index (χ1) is 11.0. The highest BCUT2D eigenvalue weighted by atomic mass is 19.1. The van der Waals surface area contributed by atoms with Crippen molar-refractivity contribution in [1.82, 2.24) is 4.90 Å². The molecule has 2 rings (SSSR count). The third-order valence-electron chi connectivity index (χ3n) is 3.14. The number of hydrogen-bond donors (Lipinski definition) is 1. The second-order valence-corrected chi connectivity index (χ2v) is 5.13. The molecule has 0 atom stereocenters. The Labute approximate surface area is 132 Å². The van der Waals surface area contributed by atoms with E-state index in [1.54, 1.807) is 7.05 Å². The van der Waals surface area contributed by atoms with Crippen LogP contribution in [0.2, 0.25) is 0 Å². The predicted molar refractivity (Wildman–Crippen MR) is 84.5 cm³/mol. The molecular weight excluding hydrogens is 301 g/mol. The van der Waals surface area contributed by atoms with E-state index < -0.39 is 16.4 Å². The van der Waals surface area contributed by atoms with E-state index in [4.69, 9.17) is 0 Å². The minimum absolute atomic E-state index is 0.111. The number of carbonyl (C=O) groups is 1. The number of amides is 1. The molecule has 0 aliphatic heterocycles. The first-order valence-corrected chi connectivity index (χ1v) is 6.92. The van der Waals surface area contributed by atoms with Gasteiger partial charge in [-0.3, -0.25) is 19.8 Å². The highest BCUT2D eigenvalue weighted by Gasteiger charge is 2.15. The molecule has 6 nitrogen and oxygen atoms in total. The van der Waals surface area contributed by atoms with E-state index in [1.165, 1.54) is 6.07 Å². The highest BCUT2D eigenvalue weighted by molar-refractivity contribution is 5.92. The quantitative estimate of drug-likeness (QED) is 0.656. The summed E-state index contributed by atoms with van der Waals surface area (Å²) in [6.07, 6.45) is 0. The van der Waals surface area contributed by atoms with Gasteiger partial charge in [0.2, 0.25) is 11.7 Å². The number of nitro benzene ring substituents is 1. The number of likely N-dealkylation sites (N-methyl/N-ethyl adjacent to an activating group) is 1. The molecule has 120 valence electrons. The molecule has 23 heavy (non-hydrogen) atoms. The van der Waals surface area contributed by atoms with Gasteiger partial charge < -0.3 is 5.32 Å². The standard InChI is InChI=1S/C16H16FN3O3/c1-19(10-12-5-3-2-4-6-12)11-16(21)18-13-7-8-14(17)15(9-13)20(22)23/h2-9H,10-11H2,1H3,(H,18,21). The van der Waals surface area contributed by atoms with Gasteiger partial charge in [-0.2, -0.15) is 4.39 Å². The SMILES string of the molecule is CN(CC(=O)Nc1ccc(F)c([N+](=O)[O-])c1)Cc1ccccc1. The average Bonchev–Trinajstić information content (AvgIpc) is 2.49. The number of nitrogens with one attached hydrogen (secondary N) is 1. The van der Waals surface area contributed by atoms with Gasteiger partial charge in [0.25, 0.3) is 0 Å². The fourth-order valence-electron chi connectivity index (χ4n) is 2.13. The van der Waals surface area contributed by atoms with Gasteiger partial charge in [-0.15, -0.1) is 0 Å². The summed E-state index contributed by atoms with van der Waals surface area (Å²) in [4.78, 5) is 23.6. The van der Waals surface area contributed by atoms with E-state index in [1.807, 2.05) is 35.2 Å². The maximum atomic E-state index is 13.2. The van der Waals surface area contributed by atoms with Crippen LogP contribution in [0.3, 0.4) is 0 Å². The smallest absolute Gasteiger partial charge is 0.306 e. The molecule has 0 unspecified atom stereocenters. The van der Waals surface area contributed by atoms with Crippen LogP contribution in [0, 0.1) is 15.9 Å². The van der Waals surface area contributed by atoms with Crippen molar-refractivity contribution in [1.29, 1.82) is 0 Å². The fourth-order valence-corrected chi connectivity index (χ4v) is 2.13. The summed E-state index contributed by atoms with van der Waals surface area (Å²) in [6.45, 7) is 0.706. The van der Waals surface area contributed by atoms with Gasteiger partial charge in [-0.05, 0) is 24.7 Å². The van der Waals surface area contributed by atoms with Crippen molar-refractivity contribution in [2.75, 3.05) is 18.9 Å². The summed E-state index contributed by atoms with van der Waals surface area (Å²) >= 11 is 0. The Morgan fingerprint density at radius 1 is 1.26 bits per heavy atom. The molecule has 7 heteroatoms. The number of benzene rings is 2. The summed E-state index contributed by atoms with van der Waals surface area (Å²) in [7, 11) is 1.79. The second kappa shape index (κ2) is 7.46. The van der Waals surface area contributed by atoms with Crippen molar-refractivity contribution in [3.8, 4) is 0 Å². The number of rotatable bonds is 6. The van der Waals surface area contributed by atoms with Crippen molar-refractivity contribution >= 4 is 17.3 Å². The maximum Gasteiger partial charge on any atom is 0.306 e. The second-order valence-electron chi connectivity index (χ2n) is 5.13. The summed E-state index contributed by atoms with van der Waals surface area (Å²) in [5, 5.41) is 13.2. The molecule has 0 fully saturated rings. The van der Waals surface area contributed by atoms with Gasteiger partial charge in [0.15, 0.2) is 0 Å². The third-order valence-corrected chi connectivity index (χ3v) is 3.14. The van der Waals surface area contributed by atoms with Gasteiger partial charge in [0.05, 0.1) is 11.5 Å². The van der Waals surface area contributed by atoms with Crippen LogP contribution in [0.1, 0.15) is 5.56 Å². The molecule has 1 N–H and O–H groups in total. The van der Waals surface area contributed by atoms with Crippen LogP contribution in [0.15, 0.2) is 48.5 Å². The first kappa shape index (κ1) is 16.6. The number of nitrogens with zero attached hydrogens (tertiary/aromatic N) is 2. The lowest BCUT2D eigenvalue weighted by atomic mass is 10.2. The molecule has 1 amide bonds. The summed E-state index contributed by atoms with van der Waals surface area (Å²) < 4.78 is 13.2. The molecule has 0 saturated heterocycles. The zero-order valence-electron chi connectivity index (χ0n) is 12.5. The summed E-state index contributed by atoms with van der Waals surface area (Å²) in [5.74, 6) is -1.27. The maximum absolute atomic E-state index is 13.2. The number of halogens is 1. The van der Waals surface area contributed by atoms with Crippen molar-refractivity contribution < 1.29 is 14.1 Å². The average molecular weight is 317 g/mol. The zero-order valence-corrected chi connectivity index (χ0v) is 12.5. The lowest BCUT2D eigenvalue weighted by Gasteiger charge is -2.16. The van der Waals surface area contributed by atoms with E-state index in [-0.39, 0.29) is 18.1 Å². The molecule has 0 radical (unpaired) electrons. The van der Waals surface area contributed by atoms with Crippen LogP contribution >= 0.6 is 0 Å².